The highest BCUT2D eigenvalue weighted by Gasteiger charge is 2.24. The van der Waals surface area contributed by atoms with Gasteiger partial charge in [0.05, 0.1) is 0 Å². The fourth-order valence-corrected chi connectivity index (χ4v) is 3.37. The number of halogens is 2. The standard InChI is InChI=1S/C20H21F2NO/c21-18-9-4-10-19(22)17(18)12-11-15-6-5-13-23(14-15)20(24)16-7-2-1-3-8-16/h1-4,7-10,15H,5-6,11-14H2. The second kappa shape index (κ2) is 7.56. The molecule has 24 heavy (non-hydrogen) atoms. The first-order chi connectivity index (χ1) is 11.6. The van der Waals surface area contributed by atoms with Crippen molar-refractivity contribution in [3.05, 3.63) is 71.3 Å². The van der Waals surface area contributed by atoms with Crippen molar-refractivity contribution in [3.63, 3.8) is 0 Å². The molecule has 1 heterocycles. The van der Waals surface area contributed by atoms with Gasteiger partial charge in [-0.15, -0.1) is 0 Å². The molecule has 0 saturated carbocycles. The van der Waals surface area contributed by atoms with E-state index in [2.05, 4.69) is 0 Å². The van der Waals surface area contributed by atoms with Crippen molar-refractivity contribution in [2.45, 2.75) is 25.7 Å². The smallest absolute Gasteiger partial charge is 0.253 e. The molecule has 1 amide bonds. The lowest BCUT2D eigenvalue weighted by Gasteiger charge is -2.33. The number of carbonyl (C=O) groups is 1. The minimum absolute atomic E-state index is 0.0392. The Morgan fingerprint density at radius 1 is 1.04 bits per heavy atom. The van der Waals surface area contributed by atoms with E-state index in [1.807, 2.05) is 35.2 Å². The van der Waals surface area contributed by atoms with Gasteiger partial charge in [-0.25, -0.2) is 8.78 Å². The largest absolute Gasteiger partial charge is 0.338 e. The molecule has 2 aromatic rings. The average molecular weight is 329 g/mol. The van der Waals surface area contributed by atoms with E-state index in [9.17, 15) is 13.6 Å². The summed E-state index contributed by atoms with van der Waals surface area (Å²) in [5, 5.41) is 0. The van der Waals surface area contributed by atoms with Gasteiger partial charge in [0.25, 0.3) is 5.91 Å². The average Bonchev–Trinajstić information content (AvgIpc) is 2.62. The number of amides is 1. The van der Waals surface area contributed by atoms with Crippen LogP contribution in [0.4, 0.5) is 8.78 Å². The summed E-state index contributed by atoms with van der Waals surface area (Å²) in [5.41, 5.74) is 0.849. The number of hydrogen-bond acceptors (Lipinski definition) is 1. The van der Waals surface area contributed by atoms with Crippen molar-refractivity contribution in [1.82, 2.24) is 4.90 Å². The molecule has 0 aliphatic carbocycles. The van der Waals surface area contributed by atoms with Gasteiger partial charge in [0.1, 0.15) is 11.6 Å². The molecular formula is C20H21F2NO. The summed E-state index contributed by atoms with van der Waals surface area (Å²) in [6, 6.07) is 13.2. The van der Waals surface area contributed by atoms with Crippen LogP contribution < -0.4 is 0 Å². The van der Waals surface area contributed by atoms with Gasteiger partial charge < -0.3 is 4.90 Å². The first-order valence-electron chi connectivity index (χ1n) is 8.42. The number of nitrogens with zero attached hydrogens (tertiary/aromatic N) is 1. The molecule has 0 radical (unpaired) electrons. The summed E-state index contributed by atoms with van der Waals surface area (Å²) in [6.07, 6.45) is 2.99. The molecule has 126 valence electrons. The zero-order valence-electron chi connectivity index (χ0n) is 13.6. The van der Waals surface area contributed by atoms with Crippen LogP contribution >= 0.6 is 0 Å². The van der Waals surface area contributed by atoms with E-state index in [1.165, 1.54) is 18.2 Å². The predicted molar refractivity (Wildman–Crippen MR) is 89.7 cm³/mol. The van der Waals surface area contributed by atoms with Crippen molar-refractivity contribution in [3.8, 4) is 0 Å². The maximum atomic E-state index is 13.7. The van der Waals surface area contributed by atoms with Crippen LogP contribution in [0.3, 0.4) is 0 Å². The van der Waals surface area contributed by atoms with Crippen LogP contribution in [0.25, 0.3) is 0 Å². The normalized spacial score (nSPS) is 17.8. The van der Waals surface area contributed by atoms with E-state index in [0.717, 1.165) is 19.4 Å². The van der Waals surface area contributed by atoms with Crippen molar-refractivity contribution in [2.24, 2.45) is 5.92 Å². The number of benzene rings is 2. The third-order valence-electron chi connectivity index (χ3n) is 4.69. The molecule has 0 aromatic heterocycles. The maximum absolute atomic E-state index is 13.7. The first kappa shape index (κ1) is 16.6. The van der Waals surface area contributed by atoms with Gasteiger partial charge >= 0.3 is 0 Å². The molecule has 1 atom stereocenters. The third kappa shape index (κ3) is 3.81. The molecule has 1 aliphatic heterocycles. The molecule has 2 nitrogen and oxygen atoms in total. The van der Waals surface area contributed by atoms with E-state index in [4.69, 9.17) is 0 Å². The Balaban J connectivity index is 1.61. The Morgan fingerprint density at radius 2 is 1.75 bits per heavy atom. The van der Waals surface area contributed by atoms with Gasteiger partial charge in [-0.05, 0) is 55.9 Å². The molecular weight excluding hydrogens is 308 g/mol. The Bertz CT molecular complexity index is 682. The summed E-state index contributed by atoms with van der Waals surface area (Å²) >= 11 is 0. The summed E-state index contributed by atoms with van der Waals surface area (Å²) in [7, 11) is 0. The van der Waals surface area contributed by atoms with Crippen LogP contribution in [0.1, 0.15) is 35.2 Å². The number of carbonyl (C=O) groups excluding carboxylic acids is 1. The van der Waals surface area contributed by atoms with Crippen LogP contribution in [0, 0.1) is 17.6 Å². The molecule has 4 heteroatoms. The van der Waals surface area contributed by atoms with Gasteiger partial charge in [-0.1, -0.05) is 24.3 Å². The van der Waals surface area contributed by atoms with Crippen LogP contribution in [-0.4, -0.2) is 23.9 Å². The molecule has 1 fully saturated rings. The van der Waals surface area contributed by atoms with Gasteiger partial charge in [0.2, 0.25) is 0 Å². The van der Waals surface area contributed by atoms with Crippen molar-refractivity contribution >= 4 is 5.91 Å². The highest BCUT2D eigenvalue weighted by Crippen LogP contribution is 2.24. The second-order valence-corrected chi connectivity index (χ2v) is 6.36. The van der Waals surface area contributed by atoms with E-state index < -0.39 is 11.6 Å². The minimum atomic E-state index is -0.483. The van der Waals surface area contributed by atoms with Crippen molar-refractivity contribution < 1.29 is 13.6 Å². The molecule has 0 N–H and O–H groups in total. The van der Waals surface area contributed by atoms with Crippen molar-refractivity contribution in [2.75, 3.05) is 13.1 Å². The van der Waals surface area contributed by atoms with E-state index >= 15 is 0 Å². The lowest BCUT2D eigenvalue weighted by molar-refractivity contribution is 0.0668. The highest BCUT2D eigenvalue weighted by molar-refractivity contribution is 5.94. The fourth-order valence-electron chi connectivity index (χ4n) is 3.37. The molecule has 1 saturated heterocycles. The molecule has 2 aromatic carbocycles. The molecule has 1 aliphatic rings. The monoisotopic (exact) mass is 329 g/mol. The van der Waals surface area contributed by atoms with E-state index in [0.29, 0.717) is 24.9 Å². The highest BCUT2D eigenvalue weighted by atomic mass is 19.1. The summed E-state index contributed by atoms with van der Waals surface area (Å²) in [5.74, 6) is -0.645. The fraction of sp³-hybridized carbons (Fsp3) is 0.350. The van der Waals surface area contributed by atoms with E-state index in [-0.39, 0.29) is 17.4 Å². The van der Waals surface area contributed by atoms with E-state index in [1.54, 1.807) is 0 Å². The van der Waals surface area contributed by atoms with Crippen LogP contribution in [0.15, 0.2) is 48.5 Å². The molecule has 1 unspecified atom stereocenters. The Kier molecular flexibility index (Phi) is 5.24. The Hall–Kier alpha value is -2.23. The number of rotatable bonds is 4. The Morgan fingerprint density at radius 3 is 2.46 bits per heavy atom. The van der Waals surface area contributed by atoms with Gasteiger partial charge in [0.15, 0.2) is 0 Å². The Labute approximate surface area is 141 Å². The van der Waals surface area contributed by atoms with Crippen LogP contribution in [0.2, 0.25) is 0 Å². The summed E-state index contributed by atoms with van der Waals surface area (Å²) in [6.45, 7) is 1.40. The minimum Gasteiger partial charge on any atom is -0.338 e. The quantitative estimate of drug-likeness (QED) is 0.811. The maximum Gasteiger partial charge on any atom is 0.253 e. The van der Waals surface area contributed by atoms with Gasteiger partial charge in [-0.2, -0.15) is 0 Å². The second-order valence-electron chi connectivity index (χ2n) is 6.36. The zero-order valence-corrected chi connectivity index (χ0v) is 13.6. The van der Waals surface area contributed by atoms with Crippen molar-refractivity contribution in [1.29, 1.82) is 0 Å². The predicted octanol–water partition coefficient (Wildman–Crippen LogP) is 4.45. The lowest BCUT2D eigenvalue weighted by atomic mass is 9.91. The molecule has 3 rings (SSSR count). The SMILES string of the molecule is O=C(c1ccccc1)N1CCCC(CCc2c(F)cccc2F)C1. The molecule has 0 bridgehead atoms. The lowest BCUT2D eigenvalue weighted by Crippen LogP contribution is -2.40. The number of likely N-dealkylation sites (tertiary alicyclic amines) is 1. The first-order valence-corrected chi connectivity index (χ1v) is 8.42. The van der Waals surface area contributed by atoms with Crippen LogP contribution in [0.5, 0.6) is 0 Å². The molecule has 0 spiro atoms. The number of piperidine rings is 1. The zero-order chi connectivity index (χ0) is 16.9. The third-order valence-corrected chi connectivity index (χ3v) is 4.69. The van der Waals surface area contributed by atoms with Gasteiger partial charge in [0, 0.05) is 24.2 Å². The summed E-state index contributed by atoms with van der Waals surface area (Å²) < 4.78 is 27.5. The van der Waals surface area contributed by atoms with Crippen LogP contribution in [-0.2, 0) is 6.42 Å². The topological polar surface area (TPSA) is 20.3 Å². The summed E-state index contributed by atoms with van der Waals surface area (Å²) in [4.78, 5) is 14.4. The number of hydrogen-bond donors (Lipinski definition) is 0. The van der Waals surface area contributed by atoms with Gasteiger partial charge in [-0.3, -0.25) is 4.79 Å².